The lowest BCUT2D eigenvalue weighted by Gasteiger charge is -2.06. The Morgan fingerprint density at radius 3 is 3.00 bits per heavy atom. The number of nitrogens with zero attached hydrogens (tertiary/aromatic N) is 3. The maximum absolute atomic E-state index is 5.90. The van der Waals surface area contributed by atoms with Gasteiger partial charge in [-0.25, -0.2) is 4.68 Å². The molecule has 1 N–H and O–H groups in total. The Morgan fingerprint density at radius 2 is 2.24 bits per heavy atom. The zero-order valence-electron chi connectivity index (χ0n) is 12.4. The van der Waals surface area contributed by atoms with E-state index in [-0.39, 0.29) is 0 Å². The first-order valence-corrected chi connectivity index (χ1v) is 7.49. The van der Waals surface area contributed by atoms with Gasteiger partial charge in [0.15, 0.2) is 0 Å². The molecule has 114 valence electrons. The number of ether oxygens (including phenoxy) is 1. The van der Waals surface area contributed by atoms with E-state index in [1.807, 2.05) is 24.4 Å². The van der Waals surface area contributed by atoms with E-state index in [1.54, 1.807) is 10.7 Å². The van der Waals surface area contributed by atoms with Crippen LogP contribution in [0.2, 0.25) is 5.02 Å². The molecule has 0 saturated heterocycles. The van der Waals surface area contributed by atoms with Gasteiger partial charge in [-0.2, -0.15) is 0 Å². The van der Waals surface area contributed by atoms with Crippen LogP contribution in [-0.2, 0) is 13.1 Å². The first-order chi connectivity index (χ1) is 10.1. The zero-order valence-corrected chi connectivity index (χ0v) is 13.2. The van der Waals surface area contributed by atoms with Crippen molar-refractivity contribution >= 4 is 11.6 Å². The molecular formula is C15H21ClN4O. The SMILES string of the molecule is CC(C)CNCc1cn(CCOc2cccc(Cl)c2)nn1. The number of rotatable bonds is 8. The van der Waals surface area contributed by atoms with E-state index in [0.717, 1.165) is 24.5 Å². The minimum Gasteiger partial charge on any atom is -0.492 e. The largest absolute Gasteiger partial charge is 0.492 e. The van der Waals surface area contributed by atoms with Gasteiger partial charge in [-0.05, 0) is 30.7 Å². The van der Waals surface area contributed by atoms with E-state index in [9.17, 15) is 0 Å². The smallest absolute Gasteiger partial charge is 0.120 e. The van der Waals surface area contributed by atoms with Gasteiger partial charge in [-0.1, -0.05) is 36.7 Å². The summed E-state index contributed by atoms with van der Waals surface area (Å²) in [5.74, 6) is 1.40. The van der Waals surface area contributed by atoms with Crippen molar-refractivity contribution in [3.63, 3.8) is 0 Å². The zero-order chi connectivity index (χ0) is 15.1. The maximum Gasteiger partial charge on any atom is 0.120 e. The molecule has 0 spiro atoms. The van der Waals surface area contributed by atoms with Crippen LogP contribution >= 0.6 is 11.6 Å². The van der Waals surface area contributed by atoms with Crippen molar-refractivity contribution in [1.82, 2.24) is 20.3 Å². The molecule has 0 aliphatic heterocycles. The Kier molecular flexibility index (Phi) is 6.02. The maximum atomic E-state index is 5.90. The van der Waals surface area contributed by atoms with Crippen LogP contribution in [0.3, 0.4) is 0 Å². The molecule has 0 unspecified atom stereocenters. The Labute approximate surface area is 130 Å². The summed E-state index contributed by atoms with van der Waals surface area (Å²) >= 11 is 5.90. The van der Waals surface area contributed by atoms with Crippen LogP contribution in [0.4, 0.5) is 0 Å². The van der Waals surface area contributed by atoms with Crippen molar-refractivity contribution in [2.45, 2.75) is 26.9 Å². The third-order valence-electron chi connectivity index (χ3n) is 2.83. The van der Waals surface area contributed by atoms with Gasteiger partial charge in [-0.15, -0.1) is 5.10 Å². The average molecular weight is 309 g/mol. The fraction of sp³-hybridized carbons (Fsp3) is 0.467. The highest BCUT2D eigenvalue weighted by Crippen LogP contribution is 2.16. The first kappa shape index (κ1) is 15.8. The minimum atomic E-state index is 0.530. The Bertz CT molecular complexity index is 556. The van der Waals surface area contributed by atoms with Crippen molar-refractivity contribution in [2.24, 2.45) is 5.92 Å². The van der Waals surface area contributed by atoms with E-state index in [1.165, 1.54) is 0 Å². The van der Waals surface area contributed by atoms with Crippen LogP contribution in [-0.4, -0.2) is 28.1 Å². The van der Waals surface area contributed by atoms with Gasteiger partial charge >= 0.3 is 0 Å². The number of hydrogen-bond acceptors (Lipinski definition) is 4. The van der Waals surface area contributed by atoms with E-state index in [4.69, 9.17) is 16.3 Å². The van der Waals surface area contributed by atoms with Gasteiger partial charge < -0.3 is 10.1 Å². The molecule has 0 radical (unpaired) electrons. The standard InChI is InChI=1S/C15H21ClN4O/c1-12(2)9-17-10-14-11-20(19-18-14)6-7-21-15-5-3-4-13(16)8-15/h3-5,8,11-12,17H,6-7,9-10H2,1-2H3. The molecule has 1 heterocycles. The van der Waals surface area contributed by atoms with Gasteiger partial charge in [0.05, 0.1) is 12.2 Å². The molecule has 0 atom stereocenters. The van der Waals surface area contributed by atoms with Crippen LogP contribution < -0.4 is 10.1 Å². The Morgan fingerprint density at radius 1 is 1.38 bits per heavy atom. The third kappa shape index (κ3) is 5.73. The summed E-state index contributed by atoms with van der Waals surface area (Å²) in [6.07, 6.45) is 1.94. The van der Waals surface area contributed by atoms with Crippen LogP contribution in [0.15, 0.2) is 30.5 Å². The summed E-state index contributed by atoms with van der Waals surface area (Å²) in [6, 6.07) is 7.37. The molecule has 1 aromatic heterocycles. The highest BCUT2D eigenvalue weighted by molar-refractivity contribution is 6.30. The van der Waals surface area contributed by atoms with Gasteiger partial charge in [0.1, 0.15) is 12.4 Å². The Balaban J connectivity index is 1.72. The van der Waals surface area contributed by atoms with Crippen molar-refractivity contribution in [3.05, 3.63) is 41.2 Å². The second kappa shape index (κ2) is 8.00. The molecule has 21 heavy (non-hydrogen) atoms. The quantitative estimate of drug-likeness (QED) is 0.814. The normalized spacial score (nSPS) is 11.0. The lowest BCUT2D eigenvalue weighted by molar-refractivity contribution is 0.289. The summed E-state index contributed by atoms with van der Waals surface area (Å²) in [6.45, 7) is 7.26. The van der Waals surface area contributed by atoms with Crippen molar-refractivity contribution in [1.29, 1.82) is 0 Å². The van der Waals surface area contributed by atoms with E-state index in [2.05, 4.69) is 29.5 Å². The lowest BCUT2D eigenvalue weighted by atomic mass is 10.2. The fourth-order valence-corrected chi connectivity index (χ4v) is 2.01. The number of halogens is 1. The molecule has 2 rings (SSSR count). The molecule has 0 fully saturated rings. The van der Waals surface area contributed by atoms with Crippen LogP contribution in [0.5, 0.6) is 5.75 Å². The predicted molar refractivity (Wildman–Crippen MR) is 83.5 cm³/mol. The molecule has 2 aromatic rings. The first-order valence-electron chi connectivity index (χ1n) is 7.11. The van der Waals surface area contributed by atoms with Gasteiger partial charge in [0.25, 0.3) is 0 Å². The molecule has 6 heteroatoms. The fourth-order valence-electron chi connectivity index (χ4n) is 1.83. The van der Waals surface area contributed by atoms with Gasteiger partial charge in [-0.3, -0.25) is 0 Å². The molecule has 5 nitrogen and oxygen atoms in total. The highest BCUT2D eigenvalue weighted by atomic mass is 35.5. The summed E-state index contributed by atoms with van der Waals surface area (Å²) in [5, 5.41) is 12.2. The second-order valence-electron chi connectivity index (χ2n) is 5.30. The molecule has 1 aromatic carbocycles. The minimum absolute atomic E-state index is 0.530. The number of hydrogen-bond donors (Lipinski definition) is 1. The monoisotopic (exact) mass is 308 g/mol. The van der Waals surface area contributed by atoms with Crippen LogP contribution in [0.1, 0.15) is 19.5 Å². The Hall–Kier alpha value is -1.59. The van der Waals surface area contributed by atoms with Crippen LogP contribution in [0.25, 0.3) is 0 Å². The molecular weight excluding hydrogens is 288 g/mol. The summed E-state index contributed by atoms with van der Waals surface area (Å²) in [4.78, 5) is 0. The number of nitrogens with one attached hydrogen (secondary N) is 1. The number of benzene rings is 1. The summed E-state index contributed by atoms with van der Waals surface area (Å²) < 4.78 is 7.41. The molecule has 0 amide bonds. The number of aromatic nitrogens is 3. The third-order valence-corrected chi connectivity index (χ3v) is 3.07. The van der Waals surface area contributed by atoms with Crippen molar-refractivity contribution in [3.8, 4) is 5.75 Å². The van der Waals surface area contributed by atoms with Gasteiger partial charge in [0, 0.05) is 17.8 Å². The lowest BCUT2D eigenvalue weighted by Crippen LogP contribution is -2.19. The summed E-state index contributed by atoms with van der Waals surface area (Å²) in [5.41, 5.74) is 0.943. The molecule has 0 bridgehead atoms. The van der Waals surface area contributed by atoms with Gasteiger partial charge in [0.2, 0.25) is 0 Å². The van der Waals surface area contributed by atoms with Crippen LogP contribution in [0, 0.1) is 5.92 Å². The average Bonchev–Trinajstić information content (AvgIpc) is 2.86. The highest BCUT2D eigenvalue weighted by Gasteiger charge is 2.02. The van der Waals surface area contributed by atoms with E-state index in [0.29, 0.717) is 24.1 Å². The topological polar surface area (TPSA) is 52.0 Å². The van der Waals surface area contributed by atoms with E-state index < -0.39 is 0 Å². The molecule has 0 aliphatic rings. The second-order valence-corrected chi connectivity index (χ2v) is 5.74. The van der Waals surface area contributed by atoms with E-state index >= 15 is 0 Å². The molecule has 0 aliphatic carbocycles. The van der Waals surface area contributed by atoms with Crippen molar-refractivity contribution < 1.29 is 4.74 Å². The van der Waals surface area contributed by atoms with Crippen molar-refractivity contribution in [2.75, 3.05) is 13.2 Å². The summed E-state index contributed by atoms with van der Waals surface area (Å²) in [7, 11) is 0. The molecule has 0 saturated carbocycles. The predicted octanol–water partition coefficient (Wildman–Crippen LogP) is 2.76.